The first-order valence-electron chi connectivity index (χ1n) is 11.2. The average molecular weight is 481 g/mol. The SMILES string of the molecule is CC#Cc1cc(NC(=O)Nc2sc(C(C)(C)C)cc2C(=O)N2CCNC(=O)C2(C)C)ccc1C. The predicted molar refractivity (Wildman–Crippen MR) is 138 cm³/mol. The topological polar surface area (TPSA) is 90.5 Å². The van der Waals surface area contributed by atoms with Gasteiger partial charge in [-0.1, -0.05) is 32.8 Å². The van der Waals surface area contributed by atoms with E-state index in [-0.39, 0.29) is 17.2 Å². The van der Waals surface area contributed by atoms with Gasteiger partial charge in [0.2, 0.25) is 5.91 Å². The average Bonchev–Trinajstić information content (AvgIpc) is 3.16. The number of thiophene rings is 1. The van der Waals surface area contributed by atoms with Gasteiger partial charge in [0.05, 0.1) is 5.56 Å². The highest BCUT2D eigenvalue weighted by molar-refractivity contribution is 7.16. The van der Waals surface area contributed by atoms with Crippen molar-refractivity contribution in [2.24, 2.45) is 0 Å². The Hall–Kier alpha value is -3.31. The van der Waals surface area contributed by atoms with Crippen LogP contribution in [0.4, 0.5) is 15.5 Å². The molecule has 180 valence electrons. The first-order chi connectivity index (χ1) is 15.8. The highest BCUT2D eigenvalue weighted by atomic mass is 32.1. The number of aryl methyl sites for hydroxylation is 1. The van der Waals surface area contributed by atoms with E-state index in [0.717, 1.165) is 16.0 Å². The monoisotopic (exact) mass is 480 g/mol. The lowest BCUT2D eigenvalue weighted by atomic mass is 9.93. The minimum atomic E-state index is -0.989. The van der Waals surface area contributed by atoms with Crippen molar-refractivity contribution in [3.05, 3.63) is 45.8 Å². The number of nitrogens with zero attached hydrogens (tertiary/aromatic N) is 1. The minimum Gasteiger partial charge on any atom is -0.352 e. The summed E-state index contributed by atoms with van der Waals surface area (Å²) < 4.78 is 0. The number of benzene rings is 1. The van der Waals surface area contributed by atoms with Crippen molar-refractivity contribution in [3.63, 3.8) is 0 Å². The van der Waals surface area contributed by atoms with Gasteiger partial charge in [-0.25, -0.2) is 4.79 Å². The van der Waals surface area contributed by atoms with Crippen LogP contribution in [-0.4, -0.2) is 41.4 Å². The molecular weight excluding hydrogens is 448 g/mol. The van der Waals surface area contributed by atoms with E-state index in [2.05, 4.69) is 48.6 Å². The van der Waals surface area contributed by atoms with Gasteiger partial charge >= 0.3 is 6.03 Å². The van der Waals surface area contributed by atoms with Gasteiger partial charge in [0.1, 0.15) is 10.5 Å². The van der Waals surface area contributed by atoms with Gasteiger partial charge in [-0.3, -0.25) is 14.9 Å². The van der Waals surface area contributed by atoms with Gasteiger partial charge in [0, 0.05) is 29.2 Å². The summed E-state index contributed by atoms with van der Waals surface area (Å²) in [6.07, 6.45) is 0. The van der Waals surface area contributed by atoms with Crippen molar-refractivity contribution in [1.82, 2.24) is 10.2 Å². The number of piperazine rings is 1. The van der Waals surface area contributed by atoms with Crippen LogP contribution < -0.4 is 16.0 Å². The van der Waals surface area contributed by atoms with Crippen molar-refractivity contribution in [3.8, 4) is 11.8 Å². The van der Waals surface area contributed by atoms with Crippen LogP contribution in [-0.2, 0) is 10.2 Å². The normalized spacial score (nSPS) is 15.1. The smallest absolute Gasteiger partial charge is 0.324 e. The van der Waals surface area contributed by atoms with E-state index in [0.29, 0.717) is 29.3 Å². The maximum atomic E-state index is 13.6. The van der Waals surface area contributed by atoms with Crippen LogP contribution in [0.2, 0.25) is 0 Å². The molecule has 1 aromatic carbocycles. The second kappa shape index (κ2) is 9.51. The van der Waals surface area contributed by atoms with Crippen LogP contribution in [0.3, 0.4) is 0 Å². The molecule has 0 bridgehead atoms. The Bertz CT molecular complexity index is 1190. The maximum absolute atomic E-state index is 13.6. The van der Waals surface area contributed by atoms with Crippen molar-refractivity contribution >= 4 is 39.9 Å². The van der Waals surface area contributed by atoms with Gasteiger partial charge in [0.15, 0.2) is 0 Å². The lowest BCUT2D eigenvalue weighted by Crippen LogP contribution is -2.63. The Balaban J connectivity index is 1.90. The summed E-state index contributed by atoms with van der Waals surface area (Å²) in [5.74, 6) is 5.43. The highest BCUT2D eigenvalue weighted by Gasteiger charge is 2.42. The lowest BCUT2D eigenvalue weighted by molar-refractivity contribution is -0.133. The standard InChI is InChI=1S/C26H32N4O3S/c1-8-9-17-14-18(11-10-16(17)2)28-24(33)29-21-19(15-20(34-21)25(3,4)5)22(31)30-13-12-27-23(32)26(30,6)7/h10-11,14-15H,12-13H2,1-7H3,(H,27,32)(H2,28,29,33). The molecular formula is C26H32N4O3S. The second-order valence-corrected chi connectivity index (χ2v) is 10.9. The molecule has 34 heavy (non-hydrogen) atoms. The van der Waals surface area contributed by atoms with Gasteiger partial charge in [-0.15, -0.1) is 17.3 Å². The molecule has 0 saturated carbocycles. The molecule has 0 atom stereocenters. The van der Waals surface area contributed by atoms with Crippen LogP contribution in [0.5, 0.6) is 0 Å². The number of amides is 4. The van der Waals surface area contributed by atoms with Crippen molar-refractivity contribution in [1.29, 1.82) is 0 Å². The minimum absolute atomic E-state index is 0.198. The second-order valence-electron chi connectivity index (χ2n) is 9.86. The molecule has 7 nitrogen and oxygen atoms in total. The molecule has 1 saturated heterocycles. The predicted octanol–water partition coefficient (Wildman–Crippen LogP) is 4.72. The molecule has 1 aromatic heterocycles. The fourth-order valence-electron chi connectivity index (χ4n) is 3.65. The maximum Gasteiger partial charge on any atom is 0.324 e. The summed E-state index contributed by atoms with van der Waals surface area (Å²) in [7, 11) is 0. The van der Waals surface area contributed by atoms with Gasteiger partial charge in [0.25, 0.3) is 5.91 Å². The zero-order chi connectivity index (χ0) is 25.3. The van der Waals surface area contributed by atoms with Crippen molar-refractivity contribution in [2.75, 3.05) is 23.7 Å². The highest BCUT2D eigenvalue weighted by Crippen LogP contribution is 2.37. The van der Waals surface area contributed by atoms with Crippen LogP contribution in [0, 0.1) is 18.8 Å². The number of urea groups is 1. The molecule has 1 aliphatic rings. The molecule has 3 rings (SSSR count). The molecule has 4 amide bonds. The molecule has 1 aliphatic heterocycles. The zero-order valence-electron chi connectivity index (χ0n) is 20.8. The van der Waals surface area contributed by atoms with E-state index in [4.69, 9.17) is 0 Å². The molecule has 0 radical (unpaired) electrons. The third kappa shape index (κ3) is 5.26. The largest absolute Gasteiger partial charge is 0.352 e. The molecule has 0 unspecified atom stereocenters. The molecule has 3 N–H and O–H groups in total. The summed E-state index contributed by atoms with van der Waals surface area (Å²) in [5, 5.41) is 8.96. The van der Waals surface area contributed by atoms with Crippen LogP contribution in [0.1, 0.15) is 67.9 Å². The molecule has 0 spiro atoms. The van der Waals surface area contributed by atoms with Gasteiger partial charge in [-0.05, 0) is 56.9 Å². The Kier molecular flexibility index (Phi) is 7.08. The van der Waals surface area contributed by atoms with Crippen LogP contribution >= 0.6 is 11.3 Å². The lowest BCUT2D eigenvalue weighted by Gasteiger charge is -2.41. The van der Waals surface area contributed by atoms with E-state index in [1.807, 2.05) is 31.2 Å². The van der Waals surface area contributed by atoms with E-state index in [1.54, 1.807) is 25.7 Å². The fourth-order valence-corrected chi connectivity index (χ4v) is 4.75. The van der Waals surface area contributed by atoms with Crippen molar-refractivity contribution in [2.45, 2.75) is 59.4 Å². The number of anilines is 2. The molecule has 1 fully saturated rings. The third-order valence-electron chi connectivity index (χ3n) is 5.78. The van der Waals surface area contributed by atoms with E-state index in [9.17, 15) is 14.4 Å². The Labute approximate surface area is 205 Å². The number of hydrogen-bond acceptors (Lipinski definition) is 4. The van der Waals surface area contributed by atoms with Crippen LogP contribution in [0.25, 0.3) is 0 Å². The number of hydrogen-bond donors (Lipinski definition) is 3. The molecule has 8 heteroatoms. The van der Waals surface area contributed by atoms with Gasteiger partial charge < -0.3 is 15.5 Å². The van der Waals surface area contributed by atoms with Crippen LogP contribution in [0.15, 0.2) is 24.3 Å². The molecule has 0 aliphatic carbocycles. The van der Waals surface area contributed by atoms with E-state index in [1.165, 1.54) is 11.3 Å². The first kappa shape index (κ1) is 25.3. The van der Waals surface area contributed by atoms with Crippen molar-refractivity contribution < 1.29 is 14.4 Å². The molecule has 2 heterocycles. The summed E-state index contributed by atoms with van der Waals surface area (Å²) in [4.78, 5) is 41.4. The number of carbonyl (C=O) groups excluding carboxylic acids is 3. The summed E-state index contributed by atoms with van der Waals surface area (Å²) >= 11 is 1.37. The first-order valence-corrected chi connectivity index (χ1v) is 12.0. The number of rotatable bonds is 3. The Morgan fingerprint density at radius 1 is 1.18 bits per heavy atom. The third-order valence-corrected chi connectivity index (χ3v) is 7.26. The summed E-state index contributed by atoms with van der Waals surface area (Å²) in [6.45, 7) is 14.1. The zero-order valence-corrected chi connectivity index (χ0v) is 21.6. The fraction of sp³-hybridized carbons (Fsp3) is 0.423. The number of carbonyl (C=O) groups is 3. The summed E-state index contributed by atoms with van der Waals surface area (Å²) in [6, 6.07) is 6.90. The summed E-state index contributed by atoms with van der Waals surface area (Å²) in [5.41, 5.74) is 1.65. The van der Waals surface area contributed by atoms with Gasteiger partial charge in [-0.2, -0.15) is 0 Å². The quantitative estimate of drug-likeness (QED) is 0.555. The Morgan fingerprint density at radius 3 is 2.53 bits per heavy atom. The van der Waals surface area contributed by atoms with E-state index >= 15 is 0 Å². The Morgan fingerprint density at radius 2 is 1.88 bits per heavy atom. The molecule has 2 aromatic rings. The number of nitrogens with one attached hydrogen (secondary N) is 3. The van der Waals surface area contributed by atoms with E-state index < -0.39 is 11.6 Å².